The molecule has 0 unspecified atom stereocenters. The summed E-state index contributed by atoms with van der Waals surface area (Å²) in [5.41, 5.74) is 0. The molecule has 0 aromatic heterocycles. The molecule has 1 radical (unpaired) electrons. The van der Waals surface area contributed by atoms with Crippen LogP contribution in [0.2, 0.25) is 12.1 Å². The highest BCUT2D eigenvalue weighted by atomic mass is 28.2. The molecule has 0 saturated heterocycles. The lowest BCUT2D eigenvalue weighted by molar-refractivity contribution is 1.02. The molecule has 0 spiro atoms. The van der Waals surface area contributed by atoms with Crippen molar-refractivity contribution in [3.63, 3.8) is 0 Å². The number of hydrogen-bond donors (Lipinski definition) is 0. The molecule has 0 nitrogen and oxygen atoms in total. The van der Waals surface area contributed by atoms with Gasteiger partial charge in [0, 0.05) is 8.41 Å². The van der Waals surface area contributed by atoms with E-state index in [0.717, 1.165) is 0 Å². The van der Waals surface area contributed by atoms with Crippen molar-refractivity contribution in [2.24, 2.45) is 0 Å². The summed E-state index contributed by atoms with van der Waals surface area (Å²) in [6, 6.07) is 2.83. The molecule has 0 atom stereocenters. The third-order valence-electron chi connectivity index (χ3n) is 2.08. The van der Waals surface area contributed by atoms with Crippen molar-refractivity contribution < 1.29 is 0 Å². The van der Waals surface area contributed by atoms with Crippen LogP contribution in [0.3, 0.4) is 0 Å². The monoisotopic (exact) mass is 177 g/mol. The van der Waals surface area contributed by atoms with Gasteiger partial charge in [-0.15, -0.1) is 0 Å². The van der Waals surface area contributed by atoms with Gasteiger partial charge in [-0.3, -0.25) is 0 Å². The van der Waals surface area contributed by atoms with Gasteiger partial charge in [-0.05, 0) is 23.3 Å². The van der Waals surface area contributed by atoms with Crippen molar-refractivity contribution in [3.8, 4) is 0 Å². The van der Waals surface area contributed by atoms with Crippen LogP contribution in [0, 0.1) is 6.08 Å². The third kappa shape index (κ3) is 2.56. The molecule has 1 aliphatic carbocycles. The topological polar surface area (TPSA) is 0 Å². The molecule has 12 heavy (non-hydrogen) atoms. The Labute approximate surface area is 77.2 Å². The number of allylic oxidation sites excluding steroid dienone is 4. The van der Waals surface area contributed by atoms with E-state index in [0.29, 0.717) is 0 Å². The highest BCUT2D eigenvalue weighted by Gasteiger charge is 2.03. The Kier molecular flexibility index (Phi) is 4.23. The first-order chi connectivity index (χ1) is 5.88. The molecular weight excluding hydrogens is 160 g/mol. The summed E-state index contributed by atoms with van der Waals surface area (Å²) >= 11 is 0. The van der Waals surface area contributed by atoms with Crippen LogP contribution in [-0.2, 0) is 0 Å². The number of rotatable bonds is 4. The van der Waals surface area contributed by atoms with E-state index in [1.54, 1.807) is 0 Å². The molecule has 0 bridgehead atoms. The molecular formula is C11H17Si. The van der Waals surface area contributed by atoms with Crippen molar-refractivity contribution in [1.29, 1.82) is 0 Å². The van der Waals surface area contributed by atoms with Gasteiger partial charge in [-0.1, -0.05) is 44.9 Å². The molecule has 1 rings (SSSR count). The Hall–Kier alpha value is -0.433. The van der Waals surface area contributed by atoms with Crippen LogP contribution >= 0.6 is 0 Å². The van der Waals surface area contributed by atoms with E-state index < -0.39 is 0 Å². The zero-order valence-electron chi connectivity index (χ0n) is 8.06. The van der Waals surface area contributed by atoms with Crippen LogP contribution in [0.25, 0.3) is 0 Å². The van der Waals surface area contributed by atoms with E-state index in [1.165, 1.54) is 30.1 Å². The quantitative estimate of drug-likeness (QED) is 0.579. The Morgan fingerprint density at radius 1 is 1.25 bits per heavy atom. The second-order valence-corrected chi connectivity index (χ2v) is 5.93. The molecule has 0 saturated carbocycles. The predicted molar refractivity (Wildman–Crippen MR) is 57.9 cm³/mol. The fourth-order valence-corrected chi connectivity index (χ4v) is 4.16. The van der Waals surface area contributed by atoms with Crippen molar-refractivity contribution in [2.45, 2.75) is 38.8 Å². The van der Waals surface area contributed by atoms with E-state index in [1.807, 2.05) is 6.08 Å². The second kappa shape index (κ2) is 5.25. The summed E-state index contributed by atoms with van der Waals surface area (Å²) in [6.07, 6.45) is 12.4. The van der Waals surface area contributed by atoms with Gasteiger partial charge in [0.15, 0.2) is 0 Å². The lowest BCUT2D eigenvalue weighted by Gasteiger charge is -2.04. The fourth-order valence-electron chi connectivity index (χ4n) is 1.55. The van der Waals surface area contributed by atoms with Crippen LogP contribution in [0.5, 0.6) is 0 Å². The van der Waals surface area contributed by atoms with Crippen LogP contribution in [0.15, 0.2) is 18.2 Å². The minimum atomic E-state index is -0.237. The summed E-state index contributed by atoms with van der Waals surface area (Å²) in [4.78, 5) is 0. The molecule has 65 valence electrons. The Morgan fingerprint density at radius 3 is 2.33 bits per heavy atom. The largest absolute Gasteiger partial charge is 0.0654 e. The maximum Gasteiger partial charge on any atom is 0.0201 e. The third-order valence-corrected chi connectivity index (χ3v) is 5.36. The summed E-state index contributed by atoms with van der Waals surface area (Å²) in [7, 11) is -0.237. The van der Waals surface area contributed by atoms with Gasteiger partial charge >= 0.3 is 0 Å². The summed E-state index contributed by atoms with van der Waals surface area (Å²) in [5, 5.41) is 1.52. The zero-order valence-corrected chi connectivity index (χ0v) is 9.06. The molecule has 1 heteroatoms. The molecule has 0 aromatic rings. The van der Waals surface area contributed by atoms with Gasteiger partial charge in [-0.25, -0.2) is 0 Å². The van der Waals surface area contributed by atoms with E-state index in [9.17, 15) is 0 Å². The smallest absolute Gasteiger partial charge is 0.0201 e. The zero-order chi connectivity index (χ0) is 8.81. The Morgan fingerprint density at radius 2 is 1.92 bits per heavy atom. The molecule has 1 aliphatic rings. The van der Waals surface area contributed by atoms with Gasteiger partial charge in [0.1, 0.15) is 0 Å². The van der Waals surface area contributed by atoms with E-state index in [-0.39, 0.29) is 8.41 Å². The molecule has 0 heterocycles. The highest BCUT2D eigenvalue weighted by Crippen LogP contribution is 2.05. The van der Waals surface area contributed by atoms with Gasteiger partial charge in [0.25, 0.3) is 0 Å². The lowest BCUT2D eigenvalue weighted by atomic mass is 10.5. The average Bonchev–Trinajstić information content (AvgIpc) is 2.56. The Bertz CT molecular complexity index is 199. The van der Waals surface area contributed by atoms with Gasteiger partial charge in [0.2, 0.25) is 0 Å². The Balaban J connectivity index is 2.68. The van der Waals surface area contributed by atoms with E-state index in [4.69, 9.17) is 0 Å². The van der Waals surface area contributed by atoms with E-state index in [2.05, 4.69) is 32.1 Å². The van der Waals surface area contributed by atoms with Crippen LogP contribution in [0.1, 0.15) is 26.7 Å². The van der Waals surface area contributed by atoms with Crippen LogP contribution < -0.4 is 0 Å². The normalized spacial score (nSPS) is 14.3. The lowest BCUT2D eigenvalue weighted by Crippen LogP contribution is -2.10. The molecule has 0 amide bonds. The second-order valence-electron chi connectivity index (χ2n) is 3.19. The first-order valence-corrected chi connectivity index (χ1v) is 6.78. The first kappa shape index (κ1) is 9.65. The molecule has 0 N–H and O–H groups in total. The highest BCUT2D eigenvalue weighted by molar-refractivity contribution is 6.74. The predicted octanol–water partition coefficient (Wildman–Crippen LogP) is 2.98. The molecule has 0 aromatic carbocycles. The number of hydrogen-bond acceptors (Lipinski definition) is 0. The van der Waals surface area contributed by atoms with Gasteiger partial charge < -0.3 is 0 Å². The summed E-state index contributed by atoms with van der Waals surface area (Å²) < 4.78 is 0. The maximum absolute atomic E-state index is 3.35. The van der Waals surface area contributed by atoms with Gasteiger partial charge in [0.05, 0.1) is 0 Å². The van der Waals surface area contributed by atoms with Crippen molar-refractivity contribution in [1.82, 2.24) is 0 Å². The first-order valence-electron chi connectivity index (χ1n) is 4.87. The summed E-state index contributed by atoms with van der Waals surface area (Å²) in [6.45, 7) is 4.56. The molecule has 0 fully saturated rings. The summed E-state index contributed by atoms with van der Waals surface area (Å²) in [5.74, 6) is 0. The average molecular weight is 177 g/mol. The maximum atomic E-state index is 3.35. The fraction of sp³-hybridized carbons (Fsp3) is 0.545. The van der Waals surface area contributed by atoms with Crippen molar-refractivity contribution >= 4 is 13.6 Å². The molecule has 0 aliphatic heterocycles. The van der Waals surface area contributed by atoms with Crippen LogP contribution in [0.4, 0.5) is 0 Å². The van der Waals surface area contributed by atoms with Crippen molar-refractivity contribution in [2.75, 3.05) is 0 Å². The standard InChI is InChI=1S/C11H17Si/c1-3-9-12(10-4-2)11-7-5-6-8-11/h5-7H,3-4,9-10H2,1-2H3. The van der Waals surface area contributed by atoms with Crippen molar-refractivity contribution in [3.05, 3.63) is 24.3 Å². The van der Waals surface area contributed by atoms with E-state index >= 15 is 0 Å². The SMILES string of the molecule is CCC[Si](CCC)=C1[C]=CC=C1. The van der Waals surface area contributed by atoms with Gasteiger partial charge in [-0.2, -0.15) is 0 Å². The minimum absolute atomic E-state index is 0.237. The van der Waals surface area contributed by atoms with Crippen LogP contribution in [-0.4, -0.2) is 13.6 Å². The minimum Gasteiger partial charge on any atom is -0.0654 e.